The van der Waals surface area contributed by atoms with E-state index in [1.165, 1.54) is 37.5 Å². The van der Waals surface area contributed by atoms with Crippen molar-refractivity contribution in [1.29, 1.82) is 0 Å². The van der Waals surface area contributed by atoms with Gasteiger partial charge in [-0.15, -0.1) is 0 Å². The van der Waals surface area contributed by atoms with Gasteiger partial charge in [0.2, 0.25) is 15.9 Å². The van der Waals surface area contributed by atoms with Crippen LogP contribution in [-0.2, 0) is 14.8 Å². The second-order valence-electron chi connectivity index (χ2n) is 8.51. The third-order valence-corrected chi connectivity index (χ3v) is 8.01. The van der Waals surface area contributed by atoms with Crippen molar-refractivity contribution in [2.24, 2.45) is 17.8 Å². The summed E-state index contributed by atoms with van der Waals surface area (Å²) in [5.74, 6) is 1.62. The molecule has 0 heterocycles. The molecule has 0 spiro atoms. The zero-order chi connectivity index (χ0) is 21.1. The number of carbonyl (C=O) groups excluding carboxylic acids is 1. The number of nitrogens with one attached hydrogen (secondary N) is 2. The molecule has 5 nitrogen and oxygen atoms in total. The summed E-state index contributed by atoms with van der Waals surface area (Å²) in [7, 11) is -3.58. The van der Waals surface area contributed by atoms with Crippen molar-refractivity contribution in [3.63, 3.8) is 0 Å². The molecule has 158 valence electrons. The number of benzene rings is 2. The Bertz CT molecular complexity index is 1020. The minimum Gasteiger partial charge on any atom is -0.323 e. The van der Waals surface area contributed by atoms with E-state index < -0.39 is 10.0 Å². The van der Waals surface area contributed by atoms with E-state index in [1.54, 1.807) is 18.2 Å². The number of hydrogen-bond donors (Lipinski definition) is 2. The molecule has 0 aromatic heterocycles. The van der Waals surface area contributed by atoms with Crippen LogP contribution in [0.25, 0.3) is 6.08 Å². The molecule has 1 amide bonds. The third kappa shape index (κ3) is 4.82. The number of amides is 1. The van der Waals surface area contributed by atoms with E-state index in [4.69, 9.17) is 0 Å². The van der Waals surface area contributed by atoms with Crippen LogP contribution in [0.15, 0.2) is 65.6 Å². The van der Waals surface area contributed by atoms with Crippen LogP contribution >= 0.6 is 0 Å². The van der Waals surface area contributed by atoms with E-state index in [0.717, 1.165) is 17.9 Å². The van der Waals surface area contributed by atoms with E-state index in [0.29, 0.717) is 17.5 Å². The Morgan fingerprint density at radius 3 is 2.40 bits per heavy atom. The van der Waals surface area contributed by atoms with Gasteiger partial charge in [0.15, 0.2) is 0 Å². The zero-order valence-corrected chi connectivity index (χ0v) is 17.9. The Labute approximate surface area is 178 Å². The van der Waals surface area contributed by atoms with Gasteiger partial charge in [0, 0.05) is 17.8 Å². The molecule has 2 aromatic carbocycles. The van der Waals surface area contributed by atoms with Crippen molar-refractivity contribution in [1.82, 2.24) is 4.72 Å². The van der Waals surface area contributed by atoms with Gasteiger partial charge in [-0.25, -0.2) is 13.1 Å². The topological polar surface area (TPSA) is 75.3 Å². The maximum Gasteiger partial charge on any atom is 0.248 e. The summed E-state index contributed by atoms with van der Waals surface area (Å²) >= 11 is 0. The average molecular weight is 425 g/mol. The molecule has 2 saturated carbocycles. The first kappa shape index (κ1) is 20.8. The Balaban J connectivity index is 1.35. The van der Waals surface area contributed by atoms with Crippen molar-refractivity contribution in [2.75, 3.05) is 5.32 Å². The molecular formula is C24H28N2O3S. The third-order valence-electron chi connectivity index (χ3n) is 6.43. The molecule has 2 aliphatic carbocycles. The molecule has 2 aliphatic rings. The van der Waals surface area contributed by atoms with Crippen molar-refractivity contribution in [3.05, 3.63) is 66.2 Å². The monoisotopic (exact) mass is 424 g/mol. The fourth-order valence-corrected chi connectivity index (χ4v) is 6.24. The lowest BCUT2D eigenvalue weighted by molar-refractivity contribution is -0.111. The van der Waals surface area contributed by atoms with Crippen LogP contribution in [-0.4, -0.2) is 20.4 Å². The first-order valence-electron chi connectivity index (χ1n) is 10.6. The SMILES string of the molecule is CC(NS(=O)(=O)c1ccc(NC(=O)C=Cc2ccccc2)cc1)C1CC2CCC1C2. The van der Waals surface area contributed by atoms with Gasteiger partial charge < -0.3 is 5.32 Å². The van der Waals surface area contributed by atoms with E-state index in [-0.39, 0.29) is 16.8 Å². The Kier molecular flexibility index (Phi) is 6.06. The van der Waals surface area contributed by atoms with Gasteiger partial charge in [-0.05, 0) is 79.8 Å². The van der Waals surface area contributed by atoms with Crippen molar-refractivity contribution >= 4 is 27.7 Å². The summed E-state index contributed by atoms with van der Waals surface area (Å²) in [6.07, 6.45) is 8.11. The highest BCUT2D eigenvalue weighted by Crippen LogP contribution is 2.49. The minimum absolute atomic E-state index is 0.0622. The highest BCUT2D eigenvalue weighted by Gasteiger charge is 2.42. The van der Waals surface area contributed by atoms with Gasteiger partial charge in [-0.3, -0.25) is 4.79 Å². The lowest BCUT2D eigenvalue weighted by Gasteiger charge is -2.28. The van der Waals surface area contributed by atoms with Gasteiger partial charge in [0.1, 0.15) is 0 Å². The highest BCUT2D eigenvalue weighted by molar-refractivity contribution is 7.89. The maximum absolute atomic E-state index is 12.8. The molecule has 6 heteroatoms. The number of rotatable bonds is 7. The van der Waals surface area contributed by atoms with Gasteiger partial charge in [-0.1, -0.05) is 36.8 Å². The smallest absolute Gasteiger partial charge is 0.248 e. The van der Waals surface area contributed by atoms with Crippen molar-refractivity contribution in [2.45, 2.75) is 43.5 Å². The predicted molar refractivity (Wildman–Crippen MR) is 119 cm³/mol. The molecule has 2 bridgehead atoms. The summed E-state index contributed by atoms with van der Waals surface area (Å²) in [6, 6.07) is 15.8. The normalized spacial score (nSPS) is 24.2. The average Bonchev–Trinajstić information content (AvgIpc) is 3.37. The van der Waals surface area contributed by atoms with Crippen LogP contribution in [0.1, 0.15) is 38.2 Å². The number of fused-ring (bicyclic) bond motifs is 2. The van der Waals surface area contributed by atoms with Gasteiger partial charge >= 0.3 is 0 Å². The molecule has 4 rings (SSSR count). The maximum atomic E-state index is 12.8. The lowest BCUT2D eigenvalue weighted by Crippen LogP contribution is -2.40. The van der Waals surface area contributed by atoms with E-state index in [9.17, 15) is 13.2 Å². The first-order chi connectivity index (χ1) is 14.4. The quantitative estimate of drug-likeness (QED) is 0.645. The molecule has 2 N–H and O–H groups in total. The predicted octanol–water partition coefficient (Wildman–Crippen LogP) is 4.44. The van der Waals surface area contributed by atoms with Crippen LogP contribution in [0.5, 0.6) is 0 Å². The fraction of sp³-hybridized carbons (Fsp3) is 0.375. The fourth-order valence-electron chi connectivity index (χ4n) is 4.94. The van der Waals surface area contributed by atoms with Gasteiger partial charge in [0.05, 0.1) is 4.90 Å². The van der Waals surface area contributed by atoms with Crippen LogP contribution in [0.2, 0.25) is 0 Å². The van der Waals surface area contributed by atoms with E-state index >= 15 is 0 Å². The number of anilines is 1. The molecule has 0 aliphatic heterocycles. The second kappa shape index (κ2) is 8.74. The molecular weight excluding hydrogens is 396 g/mol. The number of sulfonamides is 1. The standard InChI is InChI=1S/C24H28N2O3S/c1-17(23-16-19-7-9-20(23)15-19)26-30(28,29)22-12-10-21(11-13-22)25-24(27)14-8-18-5-3-2-4-6-18/h2-6,8,10-14,17,19-20,23,26H,7,9,15-16H2,1H3,(H,25,27). The van der Waals surface area contributed by atoms with Crippen LogP contribution < -0.4 is 10.0 Å². The first-order valence-corrected chi connectivity index (χ1v) is 12.1. The largest absolute Gasteiger partial charge is 0.323 e. The van der Waals surface area contributed by atoms with Crippen LogP contribution in [0.3, 0.4) is 0 Å². The molecule has 2 fully saturated rings. The lowest BCUT2D eigenvalue weighted by atomic mass is 9.84. The van der Waals surface area contributed by atoms with Gasteiger partial charge in [-0.2, -0.15) is 0 Å². The highest BCUT2D eigenvalue weighted by atomic mass is 32.2. The summed E-state index contributed by atoms with van der Waals surface area (Å²) in [4.78, 5) is 12.3. The van der Waals surface area contributed by atoms with Gasteiger partial charge in [0.25, 0.3) is 0 Å². The molecule has 4 unspecified atom stereocenters. The number of carbonyl (C=O) groups is 1. The zero-order valence-electron chi connectivity index (χ0n) is 17.1. The summed E-state index contributed by atoms with van der Waals surface area (Å²) < 4.78 is 28.4. The molecule has 2 aromatic rings. The molecule has 30 heavy (non-hydrogen) atoms. The minimum atomic E-state index is -3.58. The Hall–Kier alpha value is -2.44. The van der Waals surface area contributed by atoms with Crippen LogP contribution in [0.4, 0.5) is 5.69 Å². The summed E-state index contributed by atoms with van der Waals surface area (Å²) in [5, 5.41) is 2.75. The van der Waals surface area contributed by atoms with Crippen molar-refractivity contribution < 1.29 is 13.2 Å². The Morgan fingerprint density at radius 2 is 1.77 bits per heavy atom. The Morgan fingerprint density at radius 1 is 1.03 bits per heavy atom. The molecule has 4 atom stereocenters. The molecule has 0 saturated heterocycles. The van der Waals surface area contributed by atoms with Crippen molar-refractivity contribution in [3.8, 4) is 0 Å². The number of hydrogen-bond acceptors (Lipinski definition) is 3. The second-order valence-corrected chi connectivity index (χ2v) is 10.2. The summed E-state index contributed by atoms with van der Waals surface area (Å²) in [6.45, 7) is 1.98. The molecule has 0 radical (unpaired) electrons. The summed E-state index contributed by atoms with van der Waals surface area (Å²) in [5.41, 5.74) is 1.49. The van der Waals surface area contributed by atoms with E-state index in [1.807, 2.05) is 37.3 Å². The van der Waals surface area contributed by atoms with Crippen LogP contribution in [0, 0.1) is 17.8 Å². The van der Waals surface area contributed by atoms with E-state index in [2.05, 4.69) is 10.0 Å².